The molecule has 2 fully saturated rings. The number of likely N-dealkylation sites (tertiary alicyclic amines) is 1. The van der Waals surface area contributed by atoms with Gasteiger partial charge in [-0.1, -0.05) is 12.1 Å². The van der Waals surface area contributed by atoms with E-state index in [0.29, 0.717) is 28.6 Å². The fourth-order valence-electron chi connectivity index (χ4n) is 5.13. The first-order valence-corrected chi connectivity index (χ1v) is 12.2. The van der Waals surface area contributed by atoms with Crippen LogP contribution in [-0.2, 0) is 11.2 Å². The lowest BCUT2D eigenvalue weighted by molar-refractivity contribution is -0.274. The minimum absolute atomic E-state index is 0.0512. The normalized spacial score (nSPS) is 20.0. The Bertz CT molecular complexity index is 1440. The molecule has 1 saturated carbocycles. The number of carbonyl (C=O) groups is 3. The van der Waals surface area contributed by atoms with E-state index in [1.54, 1.807) is 18.2 Å². The molecule has 0 bridgehead atoms. The number of hydrogen-bond acceptors (Lipinski definition) is 6. The summed E-state index contributed by atoms with van der Waals surface area (Å²) in [6.45, 7) is -0.147. The smallest absolute Gasteiger partial charge is 0.491 e. The molecule has 2 heterocycles. The number of fused-ring (bicyclic) bond motifs is 2. The van der Waals surface area contributed by atoms with Crippen LogP contribution in [0, 0.1) is 5.92 Å². The van der Waals surface area contributed by atoms with E-state index >= 15 is 0 Å². The second-order valence-corrected chi connectivity index (χ2v) is 9.49. The molecule has 3 atom stereocenters. The number of halogens is 3. The number of nitrogens with zero attached hydrogens (tertiary/aromatic N) is 2. The van der Waals surface area contributed by atoms with Crippen LogP contribution in [0.5, 0.6) is 11.5 Å². The number of urea groups is 1. The van der Waals surface area contributed by atoms with E-state index in [9.17, 15) is 27.6 Å². The zero-order chi connectivity index (χ0) is 27.9. The largest absolute Gasteiger partial charge is 0.573 e. The molecule has 1 aromatic heterocycles. The molecule has 5 rings (SSSR count). The van der Waals surface area contributed by atoms with Crippen molar-refractivity contribution >= 4 is 34.4 Å². The van der Waals surface area contributed by atoms with Crippen LogP contribution in [0.15, 0.2) is 48.7 Å². The first-order valence-electron chi connectivity index (χ1n) is 12.2. The quantitative estimate of drug-likeness (QED) is 0.395. The van der Waals surface area contributed by atoms with Gasteiger partial charge in [0.15, 0.2) is 5.78 Å². The molecule has 0 radical (unpaired) electrons. The predicted molar refractivity (Wildman–Crippen MR) is 132 cm³/mol. The van der Waals surface area contributed by atoms with Gasteiger partial charge in [0.1, 0.15) is 18.1 Å². The number of aliphatic hydroxyl groups excluding tert-OH is 1. The van der Waals surface area contributed by atoms with Crippen molar-refractivity contribution in [3.8, 4) is 11.5 Å². The molecular formula is C26H25F3N4O6. The molecule has 1 aliphatic heterocycles. The van der Waals surface area contributed by atoms with Crippen LogP contribution >= 0.6 is 0 Å². The van der Waals surface area contributed by atoms with Crippen LogP contribution < -0.4 is 20.5 Å². The Hall–Kier alpha value is -4.26. The molecule has 206 valence electrons. The van der Waals surface area contributed by atoms with Gasteiger partial charge in [-0.3, -0.25) is 9.36 Å². The minimum Gasteiger partial charge on any atom is -0.491 e. The van der Waals surface area contributed by atoms with Crippen molar-refractivity contribution in [2.45, 2.75) is 37.7 Å². The SMILES string of the molecule is NC(=O)n1cc(NC(=O)N2[C@@H]3C[C@@H]3C[C@H]2C(=O)Cc2cccc(OC(F)(F)F)c2)c2cc(OCCO)ccc21. The molecule has 2 aromatic carbocycles. The number of nitrogens with one attached hydrogen (secondary N) is 1. The summed E-state index contributed by atoms with van der Waals surface area (Å²) in [4.78, 5) is 40.1. The third-order valence-corrected chi connectivity index (χ3v) is 6.84. The number of piperidine rings is 1. The van der Waals surface area contributed by atoms with Gasteiger partial charge < -0.3 is 30.5 Å². The number of benzene rings is 2. The zero-order valence-corrected chi connectivity index (χ0v) is 20.5. The number of Topliss-reactive ketones (excluding diaryl/α,β-unsaturated/α-hetero) is 1. The lowest BCUT2D eigenvalue weighted by Crippen LogP contribution is -2.45. The molecule has 1 saturated heterocycles. The Morgan fingerprint density at radius 3 is 2.62 bits per heavy atom. The number of aliphatic hydroxyl groups is 1. The Balaban J connectivity index is 1.35. The Morgan fingerprint density at radius 1 is 1.10 bits per heavy atom. The van der Waals surface area contributed by atoms with Crippen LogP contribution in [0.25, 0.3) is 10.9 Å². The minimum atomic E-state index is -4.85. The summed E-state index contributed by atoms with van der Waals surface area (Å²) < 4.78 is 48.3. The summed E-state index contributed by atoms with van der Waals surface area (Å²) in [5.41, 5.74) is 6.53. The van der Waals surface area contributed by atoms with Crippen LogP contribution in [0.2, 0.25) is 0 Å². The van der Waals surface area contributed by atoms with E-state index in [0.717, 1.165) is 18.6 Å². The highest BCUT2D eigenvalue weighted by Crippen LogP contribution is 2.48. The molecule has 10 nitrogen and oxygen atoms in total. The molecule has 0 spiro atoms. The van der Waals surface area contributed by atoms with Gasteiger partial charge in [-0.15, -0.1) is 13.2 Å². The van der Waals surface area contributed by atoms with Crippen LogP contribution in [0.1, 0.15) is 18.4 Å². The fraction of sp³-hybridized carbons (Fsp3) is 0.346. The number of rotatable bonds is 8. The molecule has 1 aliphatic carbocycles. The van der Waals surface area contributed by atoms with Gasteiger partial charge in [0.25, 0.3) is 0 Å². The number of alkyl halides is 3. The van der Waals surface area contributed by atoms with E-state index in [1.165, 1.54) is 27.8 Å². The maximum absolute atomic E-state index is 13.4. The number of primary amides is 1. The average Bonchev–Trinajstić information content (AvgIpc) is 3.37. The summed E-state index contributed by atoms with van der Waals surface area (Å²) in [5.74, 6) is -0.164. The molecule has 13 heteroatoms. The Morgan fingerprint density at radius 2 is 1.90 bits per heavy atom. The first-order chi connectivity index (χ1) is 18.5. The number of ether oxygens (including phenoxy) is 2. The maximum Gasteiger partial charge on any atom is 0.573 e. The lowest BCUT2D eigenvalue weighted by Gasteiger charge is -2.27. The highest BCUT2D eigenvalue weighted by molar-refractivity contribution is 6.06. The van der Waals surface area contributed by atoms with E-state index < -0.39 is 30.2 Å². The van der Waals surface area contributed by atoms with Gasteiger partial charge in [0.2, 0.25) is 0 Å². The summed E-state index contributed by atoms with van der Waals surface area (Å²) >= 11 is 0. The number of aromatic nitrogens is 1. The fourth-order valence-corrected chi connectivity index (χ4v) is 5.13. The molecule has 3 aromatic rings. The van der Waals surface area contributed by atoms with E-state index in [-0.39, 0.29) is 43.1 Å². The number of amides is 3. The van der Waals surface area contributed by atoms with Gasteiger partial charge in [-0.25, -0.2) is 9.59 Å². The summed E-state index contributed by atoms with van der Waals surface area (Å²) in [6.07, 6.45) is -2.45. The van der Waals surface area contributed by atoms with E-state index in [4.69, 9.17) is 15.6 Å². The van der Waals surface area contributed by atoms with Gasteiger partial charge in [0, 0.05) is 24.0 Å². The van der Waals surface area contributed by atoms with Gasteiger partial charge in [-0.2, -0.15) is 0 Å². The Labute approximate surface area is 220 Å². The van der Waals surface area contributed by atoms with E-state index in [1.807, 2.05) is 0 Å². The van der Waals surface area contributed by atoms with Crippen LogP contribution in [0.3, 0.4) is 0 Å². The van der Waals surface area contributed by atoms with Crippen molar-refractivity contribution in [1.82, 2.24) is 9.47 Å². The highest BCUT2D eigenvalue weighted by atomic mass is 19.4. The molecule has 39 heavy (non-hydrogen) atoms. The van der Waals surface area contributed by atoms with E-state index in [2.05, 4.69) is 10.1 Å². The molecule has 2 aliphatic rings. The first kappa shape index (κ1) is 26.4. The Kier molecular flexibility index (Phi) is 6.85. The van der Waals surface area contributed by atoms with Crippen molar-refractivity contribution in [1.29, 1.82) is 0 Å². The van der Waals surface area contributed by atoms with Crippen molar-refractivity contribution in [2.24, 2.45) is 11.7 Å². The second kappa shape index (κ2) is 10.1. The summed E-state index contributed by atoms with van der Waals surface area (Å²) in [5, 5.41) is 12.3. The van der Waals surface area contributed by atoms with Crippen LogP contribution in [-0.4, -0.2) is 64.1 Å². The topological polar surface area (TPSA) is 136 Å². The average molecular weight is 547 g/mol. The maximum atomic E-state index is 13.4. The summed E-state index contributed by atoms with van der Waals surface area (Å²) in [7, 11) is 0. The molecule has 0 unspecified atom stereocenters. The highest BCUT2D eigenvalue weighted by Gasteiger charge is 2.56. The predicted octanol–water partition coefficient (Wildman–Crippen LogP) is 3.64. The van der Waals surface area contributed by atoms with Gasteiger partial charge in [-0.05, 0) is 54.7 Å². The summed E-state index contributed by atoms with van der Waals surface area (Å²) in [6, 6.07) is 7.79. The molecular weight excluding hydrogens is 521 g/mol. The number of nitrogens with two attached hydrogens (primary N) is 1. The lowest BCUT2D eigenvalue weighted by atomic mass is 10.0. The number of ketones is 1. The van der Waals surface area contributed by atoms with Gasteiger partial charge in [0.05, 0.1) is 23.9 Å². The van der Waals surface area contributed by atoms with Crippen molar-refractivity contribution in [2.75, 3.05) is 18.5 Å². The zero-order valence-electron chi connectivity index (χ0n) is 20.5. The third kappa shape index (κ3) is 5.62. The number of anilines is 1. The molecule has 3 amide bonds. The van der Waals surface area contributed by atoms with Crippen molar-refractivity contribution < 1.29 is 42.1 Å². The van der Waals surface area contributed by atoms with Crippen molar-refractivity contribution in [3.05, 3.63) is 54.2 Å². The standard InChI is InChI=1S/C26H25F3N4O6/c27-26(28,29)39-17-3-1-2-14(8-17)9-23(35)22-11-15-10-21(15)33(22)25(37)31-19-13-32(24(30)36)20-5-4-16(12-18(19)20)38-7-6-34/h1-5,8,12-13,15,21-22,34H,6-7,9-11H2,(H2,30,36)(H,31,37)/t15-,21-,22+/m1/s1. The number of hydrogen-bond donors (Lipinski definition) is 3. The monoisotopic (exact) mass is 546 g/mol. The second-order valence-electron chi connectivity index (χ2n) is 9.49. The third-order valence-electron chi connectivity index (χ3n) is 6.84. The van der Waals surface area contributed by atoms with Crippen molar-refractivity contribution in [3.63, 3.8) is 0 Å². The van der Waals surface area contributed by atoms with Gasteiger partial charge >= 0.3 is 18.4 Å². The van der Waals surface area contributed by atoms with Crippen LogP contribution in [0.4, 0.5) is 28.4 Å². The number of carbonyl (C=O) groups excluding carboxylic acids is 3. The molecule has 4 N–H and O–H groups in total.